The van der Waals surface area contributed by atoms with Gasteiger partial charge < -0.3 is 0 Å². The minimum absolute atomic E-state index is 0.355. The average molecular weight is 798 g/mol. The maximum absolute atomic E-state index is 5.24. The minimum Gasteiger partial charge on any atom is -0.248 e. The molecule has 63 heavy (non-hydrogen) atoms. The normalized spacial score (nSPS) is 12.9. The molecule has 10 aromatic carbocycles. The zero-order chi connectivity index (χ0) is 41.5. The molecule has 1 nitrogen and oxygen atoms in total. The van der Waals surface area contributed by atoms with Crippen molar-refractivity contribution in [3.63, 3.8) is 0 Å². The van der Waals surface area contributed by atoms with Gasteiger partial charge in [-0.3, -0.25) is 0 Å². The van der Waals surface area contributed by atoms with Gasteiger partial charge in [0.2, 0.25) is 0 Å². The zero-order valence-corrected chi connectivity index (χ0v) is 34.5. The lowest BCUT2D eigenvalue weighted by molar-refractivity contribution is 0.794. The molecule has 0 N–H and O–H groups in total. The van der Waals surface area contributed by atoms with E-state index in [0.29, 0.717) is 0 Å². The lowest BCUT2D eigenvalue weighted by Gasteiger charge is -2.30. The zero-order valence-electron chi connectivity index (χ0n) is 34.5. The Morgan fingerprint density at radius 1 is 0.254 bits per heavy atom. The smallest absolute Gasteiger partial charge is 0.0725 e. The predicted molar refractivity (Wildman–Crippen MR) is 263 cm³/mol. The summed E-state index contributed by atoms with van der Waals surface area (Å²) in [6, 6.07) is 87.0. The Bertz CT molecular complexity index is 3540. The van der Waals surface area contributed by atoms with Crippen molar-refractivity contribution in [2.24, 2.45) is 0 Å². The third kappa shape index (κ3) is 5.46. The highest BCUT2D eigenvalue weighted by atomic mass is 14.7. The number of benzene rings is 10. The number of fused-ring (bicyclic) bond motifs is 12. The van der Waals surface area contributed by atoms with Crippen LogP contribution in [0.25, 0.3) is 99.7 Å². The van der Waals surface area contributed by atoms with Crippen LogP contribution in [0.4, 0.5) is 0 Å². The van der Waals surface area contributed by atoms with Gasteiger partial charge in [0.25, 0.3) is 0 Å². The van der Waals surface area contributed by atoms with Crippen LogP contribution in [0.5, 0.6) is 0 Å². The van der Waals surface area contributed by atoms with Gasteiger partial charge in [-0.1, -0.05) is 200 Å². The Kier molecular flexibility index (Phi) is 7.89. The molecule has 1 spiro atoms. The van der Waals surface area contributed by atoms with E-state index in [-0.39, 0.29) is 5.41 Å². The van der Waals surface area contributed by atoms with Crippen LogP contribution in [-0.4, -0.2) is 4.98 Å². The molecule has 2 aliphatic rings. The summed E-state index contributed by atoms with van der Waals surface area (Å²) in [5.74, 6) is 0. The molecule has 1 heterocycles. The van der Waals surface area contributed by atoms with Gasteiger partial charge in [0.15, 0.2) is 0 Å². The first-order valence-electron chi connectivity index (χ1n) is 21.9. The summed E-state index contributed by atoms with van der Waals surface area (Å²) in [5.41, 5.74) is 23.1. The van der Waals surface area contributed by atoms with Crippen LogP contribution in [0, 0.1) is 0 Å². The molecule has 2 aliphatic carbocycles. The summed E-state index contributed by atoms with van der Waals surface area (Å²) in [5, 5.41) is 3.58. The summed E-state index contributed by atoms with van der Waals surface area (Å²) in [6.07, 6.45) is 0. The molecule has 1 heteroatoms. The highest BCUT2D eigenvalue weighted by Gasteiger charge is 2.51. The van der Waals surface area contributed by atoms with E-state index in [0.717, 1.165) is 22.2 Å². The van der Waals surface area contributed by atoms with Gasteiger partial charge >= 0.3 is 0 Å². The SMILES string of the molecule is c1ccc(-c2ccc(-c3cc(-c4ccccc4)c4cc(-c5ccc6cc(-c7ccc8c(c7)C7(c9ccccc9-c9ccccc97)c7ccccc7-8)ccc6c5)ccc4n3)cc2)cc1. The summed E-state index contributed by atoms with van der Waals surface area (Å²) in [7, 11) is 0. The van der Waals surface area contributed by atoms with Crippen LogP contribution < -0.4 is 0 Å². The first-order chi connectivity index (χ1) is 31.2. The molecule has 1 aromatic heterocycles. The summed E-state index contributed by atoms with van der Waals surface area (Å²) >= 11 is 0. The Hall–Kier alpha value is -8.13. The number of pyridine rings is 1. The van der Waals surface area contributed by atoms with E-state index in [1.54, 1.807) is 0 Å². The lowest BCUT2D eigenvalue weighted by atomic mass is 9.70. The fourth-order valence-corrected chi connectivity index (χ4v) is 10.8. The minimum atomic E-state index is -0.355. The molecule has 292 valence electrons. The third-order valence-electron chi connectivity index (χ3n) is 13.7. The van der Waals surface area contributed by atoms with E-state index in [1.165, 1.54) is 99.8 Å². The van der Waals surface area contributed by atoms with Crippen LogP contribution in [0.1, 0.15) is 22.3 Å². The van der Waals surface area contributed by atoms with E-state index >= 15 is 0 Å². The number of hydrogen-bond acceptors (Lipinski definition) is 1. The monoisotopic (exact) mass is 797 g/mol. The number of rotatable bonds is 5. The van der Waals surface area contributed by atoms with Gasteiger partial charge in [-0.25, -0.2) is 4.98 Å². The maximum Gasteiger partial charge on any atom is 0.0725 e. The first-order valence-corrected chi connectivity index (χ1v) is 21.9. The van der Waals surface area contributed by atoms with E-state index in [1.807, 2.05) is 0 Å². The molecule has 0 aliphatic heterocycles. The Labute approximate surface area is 367 Å². The van der Waals surface area contributed by atoms with Gasteiger partial charge in [-0.05, 0) is 136 Å². The fourth-order valence-electron chi connectivity index (χ4n) is 10.8. The number of aromatic nitrogens is 1. The van der Waals surface area contributed by atoms with E-state index < -0.39 is 0 Å². The van der Waals surface area contributed by atoms with Crippen molar-refractivity contribution in [1.82, 2.24) is 4.98 Å². The second-order valence-corrected chi connectivity index (χ2v) is 17.0. The largest absolute Gasteiger partial charge is 0.248 e. The second-order valence-electron chi connectivity index (χ2n) is 17.0. The molecule has 0 amide bonds. The Morgan fingerprint density at radius 2 is 0.683 bits per heavy atom. The molecule has 0 saturated heterocycles. The fraction of sp³-hybridized carbons (Fsp3) is 0.0161. The highest BCUT2D eigenvalue weighted by Crippen LogP contribution is 2.63. The van der Waals surface area contributed by atoms with Crippen LogP contribution in [0.3, 0.4) is 0 Å². The third-order valence-corrected chi connectivity index (χ3v) is 13.7. The van der Waals surface area contributed by atoms with Crippen LogP contribution >= 0.6 is 0 Å². The maximum atomic E-state index is 5.24. The molecule has 0 unspecified atom stereocenters. The van der Waals surface area contributed by atoms with Crippen molar-refractivity contribution in [3.8, 4) is 78.0 Å². The molecule has 0 bridgehead atoms. The quantitative estimate of drug-likeness (QED) is 0.169. The summed E-state index contributed by atoms with van der Waals surface area (Å²) in [6.45, 7) is 0. The van der Waals surface area contributed by atoms with Crippen molar-refractivity contribution < 1.29 is 0 Å². The molecular formula is C62H39N. The number of hydrogen-bond donors (Lipinski definition) is 0. The Balaban J connectivity index is 0.878. The topological polar surface area (TPSA) is 12.9 Å². The molecule has 0 saturated carbocycles. The summed E-state index contributed by atoms with van der Waals surface area (Å²) < 4.78 is 0. The van der Waals surface area contributed by atoms with E-state index in [9.17, 15) is 0 Å². The average Bonchev–Trinajstić information content (AvgIpc) is 3.83. The van der Waals surface area contributed by atoms with Crippen LogP contribution in [0.2, 0.25) is 0 Å². The highest BCUT2D eigenvalue weighted by molar-refractivity contribution is 6.01. The van der Waals surface area contributed by atoms with Crippen molar-refractivity contribution in [2.45, 2.75) is 5.41 Å². The van der Waals surface area contributed by atoms with Gasteiger partial charge in [-0.2, -0.15) is 0 Å². The van der Waals surface area contributed by atoms with Gasteiger partial charge in [0.05, 0.1) is 16.6 Å². The number of nitrogens with zero attached hydrogens (tertiary/aromatic N) is 1. The molecule has 13 rings (SSSR count). The molecule has 11 aromatic rings. The van der Waals surface area contributed by atoms with Crippen LogP contribution in [-0.2, 0) is 5.41 Å². The molecule has 0 atom stereocenters. The lowest BCUT2D eigenvalue weighted by Crippen LogP contribution is -2.25. The van der Waals surface area contributed by atoms with Gasteiger partial charge in [0.1, 0.15) is 0 Å². The second kappa shape index (κ2) is 14.0. The van der Waals surface area contributed by atoms with Crippen molar-refractivity contribution in [2.75, 3.05) is 0 Å². The van der Waals surface area contributed by atoms with Crippen molar-refractivity contribution in [3.05, 3.63) is 259 Å². The van der Waals surface area contributed by atoms with Crippen molar-refractivity contribution in [1.29, 1.82) is 0 Å². The van der Waals surface area contributed by atoms with Crippen molar-refractivity contribution >= 4 is 21.7 Å². The summed E-state index contributed by atoms with van der Waals surface area (Å²) in [4.78, 5) is 5.24. The standard InChI is InChI=1S/C62H39N/c1-3-13-40(14-4-1)41-23-25-43(26-24-41)61-39-54(42-15-5-2-6-16-42)55-37-48(32-34-60(55)63-61)46-29-27-45-36-47(30-28-44(45)35-46)49-31-33-53-52-19-9-12-22-58(52)62(59(53)38-49)56-20-10-7-17-50(56)51-18-8-11-21-57(51)62/h1-39H. The Morgan fingerprint density at radius 3 is 1.29 bits per heavy atom. The van der Waals surface area contributed by atoms with Gasteiger partial charge in [0, 0.05) is 10.9 Å². The van der Waals surface area contributed by atoms with E-state index in [2.05, 4.69) is 237 Å². The first kappa shape index (κ1) is 35.6. The molecular weight excluding hydrogens is 759 g/mol. The van der Waals surface area contributed by atoms with Gasteiger partial charge in [-0.15, -0.1) is 0 Å². The van der Waals surface area contributed by atoms with E-state index in [4.69, 9.17) is 4.98 Å². The predicted octanol–water partition coefficient (Wildman–Crippen LogP) is 16.1. The molecule has 0 radical (unpaired) electrons. The van der Waals surface area contributed by atoms with Crippen LogP contribution in [0.15, 0.2) is 237 Å². The molecule has 0 fully saturated rings.